The molecule has 0 atom stereocenters. The fourth-order valence-corrected chi connectivity index (χ4v) is 3.74. The highest BCUT2D eigenvalue weighted by atomic mass is 35.5. The summed E-state index contributed by atoms with van der Waals surface area (Å²) in [5.41, 5.74) is 0. The largest absolute Gasteiger partial charge is 0.240 e. The van der Waals surface area contributed by atoms with Crippen LogP contribution in [0, 0.1) is 5.92 Å². The van der Waals surface area contributed by atoms with Crippen LogP contribution in [0.2, 0.25) is 5.02 Å². The Morgan fingerprint density at radius 3 is 2.26 bits per heavy atom. The zero-order valence-corrected chi connectivity index (χ0v) is 12.8. The van der Waals surface area contributed by atoms with E-state index in [1.165, 1.54) is 12.1 Å². The van der Waals surface area contributed by atoms with Crippen LogP contribution in [0.15, 0.2) is 29.2 Å². The highest BCUT2D eigenvalue weighted by molar-refractivity contribution is 7.89. The van der Waals surface area contributed by atoms with Gasteiger partial charge in [-0.15, -0.1) is 11.6 Å². The lowest BCUT2D eigenvalue weighted by Crippen LogP contribution is -2.31. The van der Waals surface area contributed by atoms with E-state index in [2.05, 4.69) is 4.72 Å². The number of rotatable bonds is 4. The van der Waals surface area contributed by atoms with Crippen LogP contribution in [0.5, 0.6) is 0 Å². The van der Waals surface area contributed by atoms with Gasteiger partial charge in [-0.2, -0.15) is 0 Å². The first-order valence-corrected chi connectivity index (χ1v) is 8.66. The Morgan fingerprint density at radius 2 is 1.68 bits per heavy atom. The Bertz CT molecular complexity index is 508. The summed E-state index contributed by atoms with van der Waals surface area (Å²) in [6.45, 7) is 0.481. The van der Waals surface area contributed by atoms with Crippen molar-refractivity contribution in [3.8, 4) is 0 Å². The standard InChI is InChI=1S/C13H17Cl2NO2S/c14-11-3-1-10(2-4-11)9-16-19(17,18)13-7-5-12(15)6-8-13/h5-8,10-11,16H,1-4,9H2. The van der Waals surface area contributed by atoms with Gasteiger partial charge in [0.2, 0.25) is 10.0 Å². The molecule has 2 rings (SSSR count). The topological polar surface area (TPSA) is 46.2 Å². The molecule has 1 aromatic rings. The molecule has 1 aliphatic rings. The highest BCUT2D eigenvalue weighted by Gasteiger charge is 2.22. The van der Waals surface area contributed by atoms with E-state index in [1.807, 2.05) is 0 Å². The van der Waals surface area contributed by atoms with Crippen molar-refractivity contribution in [2.45, 2.75) is 36.0 Å². The Balaban J connectivity index is 1.92. The van der Waals surface area contributed by atoms with Crippen molar-refractivity contribution in [3.05, 3.63) is 29.3 Å². The molecule has 1 aliphatic carbocycles. The van der Waals surface area contributed by atoms with Crippen LogP contribution in [0.25, 0.3) is 0 Å². The fourth-order valence-electron chi connectivity index (χ4n) is 2.25. The smallest absolute Gasteiger partial charge is 0.211 e. The second kappa shape index (κ2) is 6.44. The minimum Gasteiger partial charge on any atom is -0.211 e. The van der Waals surface area contributed by atoms with Crippen LogP contribution >= 0.6 is 23.2 Å². The van der Waals surface area contributed by atoms with Crippen molar-refractivity contribution in [2.75, 3.05) is 6.54 Å². The number of hydrogen-bond donors (Lipinski definition) is 1. The van der Waals surface area contributed by atoms with Crippen LogP contribution in [0.3, 0.4) is 0 Å². The van der Waals surface area contributed by atoms with Gasteiger partial charge in [-0.25, -0.2) is 13.1 Å². The fraction of sp³-hybridized carbons (Fsp3) is 0.538. The SMILES string of the molecule is O=S(=O)(NCC1CCC(Cl)CC1)c1ccc(Cl)cc1. The summed E-state index contributed by atoms with van der Waals surface area (Å²) in [6.07, 6.45) is 3.90. The van der Waals surface area contributed by atoms with Crippen molar-refractivity contribution >= 4 is 33.2 Å². The molecular formula is C13H17Cl2NO2S. The van der Waals surface area contributed by atoms with Gasteiger partial charge in [0, 0.05) is 16.9 Å². The van der Waals surface area contributed by atoms with E-state index in [0.717, 1.165) is 25.7 Å². The molecule has 3 nitrogen and oxygen atoms in total. The van der Waals surface area contributed by atoms with Crippen molar-refractivity contribution < 1.29 is 8.42 Å². The molecule has 0 aliphatic heterocycles. The number of nitrogens with one attached hydrogen (secondary N) is 1. The lowest BCUT2D eigenvalue weighted by atomic mass is 9.89. The first kappa shape index (κ1) is 15.1. The molecule has 0 spiro atoms. The van der Waals surface area contributed by atoms with Crippen molar-refractivity contribution in [3.63, 3.8) is 0 Å². The molecule has 0 bridgehead atoms. The van der Waals surface area contributed by atoms with Gasteiger partial charge < -0.3 is 0 Å². The molecular weight excluding hydrogens is 305 g/mol. The van der Waals surface area contributed by atoms with E-state index in [4.69, 9.17) is 23.2 Å². The van der Waals surface area contributed by atoms with Gasteiger partial charge in [-0.1, -0.05) is 11.6 Å². The molecule has 0 saturated heterocycles. The van der Waals surface area contributed by atoms with Gasteiger partial charge in [-0.05, 0) is 55.9 Å². The number of benzene rings is 1. The van der Waals surface area contributed by atoms with E-state index < -0.39 is 10.0 Å². The second-order valence-corrected chi connectivity index (χ2v) is 7.74. The van der Waals surface area contributed by atoms with E-state index in [-0.39, 0.29) is 10.3 Å². The lowest BCUT2D eigenvalue weighted by Gasteiger charge is -2.24. The lowest BCUT2D eigenvalue weighted by molar-refractivity contribution is 0.361. The maximum atomic E-state index is 12.1. The van der Waals surface area contributed by atoms with E-state index in [9.17, 15) is 8.42 Å². The first-order chi connectivity index (χ1) is 8.97. The quantitative estimate of drug-likeness (QED) is 0.864. The average Bonchev–Trinajstić information content (AvgIpc) is 2.39. The maximum absolute atomic E-state index is 12.1. The van der Waals surface area contributed by atoms with E-state index >= 15 is 0 Å². The van der Waals surface area contributed by atoms with Gasteiger partial charge in [0.15, 0.2) is 0 Å². The molecule has 0 amide bonds. The zero-order valence-electron chi connectivity index (χ0n) is 10.5. The molecule has 19 heavy (non-hydrogen) atoms. The van der Waals surface area contributed by atoms with Crippen molar-refractivity contribution in [2.24, 2.45) is 5.92 Å². The molecule has 0 radical (unpaired) electrons. The third-order valence-corrected chi connectivity index (χ3v) is 5.59. The number of hydrogen-bond acceptors (Lipinski definition) is 2. The summed E-state index contributed by atoms with van der Waals surface area (Å²) in [5.74, 6) is 0.386. The zero-order chi connectivity index (χ0) is 13.9. The maximum Gasteiger partial charge on any atom is 0.240 e. The first-order valence-electron chi connectivity index (χ1n) is 6.36. The summed E-state index contributed by atoms with van der Waals surface area (Å²) < 4.78 is 26.8. The average molecular weight is 322 g/mol. The normalized spacial score (nSPS) is 24.3. The Morgan fingerprint density at radius 1 is 1.11 bits per heavy atom. The highest BCUT2D eigenvalue weighted by Crippen LogP contribution is 2.27. The Labute approximate surface area is 124 Å². The van der Waals surface area contributed by atoms with Gasteiger partial charge in [0.1, 0.15) is 0 Å². The number of alkyl halides is 1. The summed E-state index contributed by atoms with van der Waals surface area (Å²) >= 11 is 11.8. The van der Waals surface area contributed by atoms with Gasteiger partial charge in [0.25, 0.3) is 0 Å². The number of sulfonamides is 1. The van der Waals surface area contributed by atoms with Crippen LogP contribution < -0.4 is 4.72 Å². The number of halogens is 2. The van der Waals surface area contributed by atoms with Crippen molar-refractivity contribution in [1.82, 2.24) is 4.72 Å². The minimum absolute atomic E-state index is 0.253. The van der Waals surface area contributed by atoms with Gasteiger partial charge in [-0.3, -0.25) is 0 Å². The van der Waals surface area contributed by atoms with E-state index in [0.29, 0.717) is 17.5 Å². The van der Waals surface area contributed by atoms with Crippen molar-refractivity contribution in [1.29, 1.82) is 0 Å². The Kier molecular flexibility index (Phi) is 5.12. The van der Waals surface area contributed by atoms with Gasteiger partial charge in [0.05, 0.1) is 4.90 Å². The summed E-state index contributed by atoms with van der Waals surface area (Å²) in [7, 11) is -3.43. The van der Waals surface area contributed by atoms with Gasteiger partial charge >= 0.3 is 0 Å². The molecule has 6 heteroatoms. The monoisotopic (exact) mass is 321 g/mol. The molecule has 0 heterocycles. The third kappa shape index (κ3) is 4.35. The second-order valence-electron chi connectivity index (χ2n) is 4.92. The molecule has 1 saturated carbocycles. The summed E-state index contributed by atoms with van der Waals surface area (Å²) in [4.78, 5) is 0.253. The molecule has 1 N–H and O–H groups in total. The molecule has 1 aromatic carbocycles. The predicted molar refractivity (Wildman–Crippen MR) is 78.2 cm³/mol. The minimum atomic E-state index is -3.43. The summed E-state index contributed by atoms with van der Waals surface area (Å²) in [5, 5.41) is 0.781. The Hall–Kier alpha value is -0.290. The van der Waals surface area contributed by atoms with E-state index in [1.54, 1.807) is 12.1 Å². The van der Waals surface area contributed by atoms with Crippen LogP contribution in [0.1, 0.15) is 25.7 Å². The summed E-state index contributed by atoms with van der Waals surface area (Å²) in [6, 6.07) is 6.18. The predicted octanol–water partition coefficient (Wildman–Crippen LogP) is 3.42. The molecule has 0 unspecified atom stereocenters. The van der Waals surface area contributed by atoms with Crippen LogP contribution in [0.4, 0.5) is 0 Å². The molecule has 0 aromatic heterocycles. The van der Waals surface area contributed by atoms with Crippen LogP contribution in [-0.2, 0) is 10.0 Å². The molecule has 1 fully saturated rings. The molecule has 106 valence electrons. The van der Waals surface area contributed by atoms with Crippen LogP contribution in [-0.4, -0.2) is 20.3 Å². The third-order valence-electron chi connectivity index (χ3n) is 3.46.